The van der Waals surface area contributed by atoms with Gasteiger partial charge in [0.1, 0.15) is 0 Å². The fourth-order valence-corrected chi connectivity index (χ4v) is 4.77. The average molecular weight is 355 g/mol. The minimum absolute atomic E-state index is 0.373. The number of nitrogens with zero attached hydrogens (tertiary/aromatic N) is 1. The van der Waals surface area contributed by atoms with E-state index in [-0.39, 0.29) is 8.07 Å². The van der Waals surface area contributed by atoms with Gasteiger partial charge in [-0.05, 0) is 56.5 Å². The Kier molecular flexibility index (Phi) is 7.01. The highest BCUT2D eigenvalue weighted by Gasteiger charge is 2.19. The molecular formula is C21H30N3P. The number of aryl methyl sites for hydroxylation is 2. The zero-order valence-electron chi connectivity index (χ0n) is 16.2. The van der Waals surface area contributed by atoms with Crippen molar-refractivity contribution in [3.63, 3.8) is 0 Å². The van der Waals surface area contributed by atoms with Crippen molar-refractivity contribution < 1.29 is 0 Å². The van der Waals surface area contributed by atoms with Crippen LogP contribution in [0.25, 0.3) is 0 Å². The lowest BCUT2D eigenvalue weighted by Gasteiger charge is -2.28. The van der Waals surface area contributed by atoms with E-state index in [1.54, 1.807) is 0 Å². The number of nitrogens with one attached hydrogen (secondary N) is 2. The Morgan fingerprint density at radius 1 is 0.840 bits per heavy atom. The molecule has 0 aliphatic carbocycles. The van der Waals surface area contributed by atoms with Crippen LogP contribution in [0, 0.1) is 13.8 Å². The van der Waals surface area contributed by atoms with Gasteiger partial charge in [-0.1, -0.05) is 64.1 Å². The predicted molar refractivity (Wildman–Crippen MR) is 113 cm³/mol. The second-order valence-electron chi connectivity index (χ2n) is 6.89. The number of hydrogen-bond donors (Lipinski definition) is 2. The summed E-state index contributed by atoms with van der Waals surface area (Å²) < 4.78 is 0. The van der Waals surface area contributed by atoms with Crippen LogP contribution in [0.4, 0.5) is 11.4 Å². The van der Waals surface area contributed by atoms with Crippen LogP contribution in [0.1, 0.15) is 38.8 Å². The van der Waals surface area contributed by atoms with E-state index < -0.39 is 0 Å². The van der Waals surface area contributed by atoms with Crippen LogP contribution in [0.5, 0.6) is 0 Å². The van der Waals surface area contributed by atoms with Gasteiger partial charge in [0.2, 0.25) is 5.96 Å². The Balaban J connectivity index is 2.37. The quantitative estimate of drug-likeness (QED) is 0.380. The molecule has 0 aromatic heterocycles. The molecule has 0 amide bonds. The molecule has 0 saturated heterocycles. The summed E-state index contributed by atoms with van der Waals surface area (Å²) in [7, 11) is -0.373. The van der Waals surface area contributed by atoms with E-state index >= 15 is 0 Å². The number of hydrogen-bond acceptors (Lipinski definition) is 1. The van der Waals surface area contributed by atoms with E-state index in [0.717, 1.165) is 17.3 Å². The molecule has 0 atom stereocenters. The van der Waals surface area contributed by atoms with Crippen LogP contribution in [0.15, 0.2) is 53.5 Å². The number of rotatable bonds is 5. The molecule has 0 heterocycles. The van der Waals surface area contributed by atoms with E-state index in [2.05, 4.69) is 88.3 Å². The van der Waals surface area contributed by atoms with Crippen molar-refractivity contribution in [2.75, 3.05) is 5.32 Å². The number of aliphatic imine (C=N–C) groups is 1. The lowest BCUT2D eigenvalue weighted by Crippen LogP contribution is -2.31. The SMILES string of the molecule is Cc1ccccc1/N=C(\Nc1ccccc1C)NP(C(C)C)C(C)C. The molecule has 0 bridgehead atoms. The van der Waals surface area contributed by atoms with E-state index in [1.807, 2.05) is 12.1 Å². The van der Waals surface area contributed by atoms with Gasteiger partial charge in [-0.2, -0.15) is 0 Å². The summed E-state index contributed by atoms with van der Waals surface area (Å²) in [4.78, 5) is 4.91. The van der Waals surface area contributed by atoms with Crippen molar-refractivity contribution in [1.82, 2.24) is 5.09 Å². The van der Waals surface area contributed by atoms with Gasteiger partial charge in [-0.25, -0.2) is 4.99 Å². The van der Waals surface area contributed by atoms with E-state index in [4.69, 9.17) is 4.99 Å². The van der Waals surface area contributed by atoms with Crippen LogP contribution in [0.3, 0.4) is 0 Å². The molecule has 2 aromatic carbocycles. The van der Waals surface area contributed by atoms with Crippen molar-refractivity contribution in [3.05, 3.63) is 59.7 Å². The third kappa shape index (κ3) is 5.57. The lowest BCUT2D eigenvalue weighted by atomic mass is 10.2. The molecule has 134 valence electrons. The average Bonchev–Trinajstić information content (AvgIpc) is 2.55. The first-order chi connectivity index (χ1) is 11.9. The summed E-state index contributed by atoms with van der Waals surface area (Å²) in [5.41, 5.74) is 5.62. The lowest BCUT2D eigenvalue weighted by molar-refractivity contribution is 0.989. The second-order valence-corrected chi connectivity index (χ2v) is 10.00. The molecule has 0 radical (unpaired) electrons. The minimum Gasteiger partial charge on any atom is -0.334 e. The van der Waals surface area contributed by atoms with Gasteiger partial charge in [-0.3, -0.25) is 0 Å². The van der Waals surface area contributed by atoms with Gasteiger partial charge in [-0.15, -0.1) is 0 Å². The van der Waals surface area contributed by atoms with E-state index in [9.17, 15) is 0 Å². The first-order valence-corrected chi connectivity index (χ1v) is 10.4. The third-order valence-electron chi connectivity index (χ3n) is 4.09. The van der Waals surface area contributed by atoms with Crippen molar-refractivity contribution in [3.8, 4) is 0 Å². The Labute approximate surface area is 153 Å². The summed E-state index contributed by atoms with van der Waals surface area (Å²) in [5, 5.41) is 7.23. The highest BCUT2D eigenvalue weighted by atomic mass is 31.1. The summed E-state index contributed by atoms with van der Waals surface area (Å²) in [6.07, 6.45) is 0. The minimum atomic E-state index is -0.373. The van der Waals surface area contributed by atoms with Gasteiger partial charge in [0.25, 0.3) is 0 Å². The molecule has 0 saturated carbocycles. The van der Waals surface area contributed by atoms with Crippen molar-refractivity contribution in [2.45, 2.75) is 52.9 Å². The van der Waals surface area contributed by atoms with Crippen molar-refractivity contribution >= 4 is 25.4 Å². The van der Waals surface area contributed by atoms with Crippen molar-refractivity contribution in [2.24, 2.45) is 4.99 Å². The molecule has 2 rings (SSSR count). The Morgan fingerprint density at radius 3 is 1.96 bits per heavy atom. The third-order valence-corrected chi connectivity index (χ3v) is 6.79. The van der Waals surface area contributed by atoms with Crippen LogP contribution in [0.2, 0.25) is 0 Å². The largest absolute Gasteiger partial charge is 0.334 e. The van der Waals surface area contributed by atoms with Gasteiger partial charge < -0.3 is 10.4 Å². The topological polar surface area (TPSA) is 36.4 Å². The van der Waals surface area contributed by atoms with Crippen LogP contribution < -0.4 is 10.4 Å². The zero-order chi connectivity index (χ0) is 18.4. The van der Waals surface area contributed by atoms with Crippen LogP contribution >= 0.6 is 8.07 Å². The van der Waals surface area contributed by atoms with Gasteiger partial charge in [0.15, 0.2) is 0 Å². The molecule has 0 aliphatic rings. The Bertz CT molecular complexity index is 715. The highest BCUT2D eigenvalue weighted by Crippen LogP contribution is 2.41. The number of para-hydroxylation sites is 2. The number of anilines is 1. The Hall–Kier alpha value is -1.86. The first-order valence-electron chi connectivity index (χ1n) is 8.90. The molecule has 2 N–H and O–H groups in total. The Morgan fingerprint density at radius 2 is 1.40 bits per heavy atom. The molecule has 0 fully saturated rings. The normalized spacial score (nSPS) is 12.1. The smallest absolute Gasteiger partial charge is 0.204 e. The summed E-state index contributed by atoms with van der Waals surface area (Å²) >= 11 is 0. The second kappa shape index (κ2) is 9.01. The summed E-state index contributed by atoms with van der Waals surface area (Å²) in [6.45, 7) is 13.3. The summed E-state index contributed by atoms with van der Waals surface area (Å²) in [6, 6.07) is 16.5. The summed E-state index contributed by atoms with van der Waals surface area (Å²) in [5.74, 6) is 0.831. The van der Waals surface area contributed by atoms with Crippen molar-refractivity contribution in [1.29, 1.82) is 0 Å². The van der Waals surface area contributed by atoms with Crippen LogP contribution in [-0.2, 0) is 0 Å². The monoisotopic (exact) mass is 355 g/mol. The first kappa shape index (κ1) is 19.5. The maximum Gasteiger partial charge on any atom is 0.204 e. The standard InChI is InChI=1S/C21H30N3P/c1-15(2)25(16(3)4)24-21(22-19-13-9-7-11-17(19)5)23-20-14-10-8-12-18(20)6/h7-16H,1-6H3,(H2,22,23,24). The highest BCUT2D eigenvalue weighted by molar-refractivity contribution is 7.57. The molecule has 0 spiro atoms. The molecule has 3 nitrogen and oxygen atoms in total. The number of guanidine groups is 1. The fraction of sp³-hybridized carbons (Fsp3) is 0.381. The molecule has 0 aliphatic heterocycles. The van der Waals surface area contributed by atoms with E-state index in [0.29, 0.717) is 11.3 Å². The molecule has 2 aromatic rings. The fourth-order valence-electron chi connectivity index (χ4n) is 2.71. The van der Waals surface area contributed by atoms with Gasteiger partial charge in [0.05, 0.1) is 5.69 Å². The van der Waals surface area contributed by atoms with E-state index in [1.165, 1.54) is 11.1 Å². The number of benzene rings is 2. The molecular weight excluding hydrogens is 325 g/mol. The molecule has 4 heteroatoms. The maximum absolute atomic E-state index is 4.91. The van der Waals surface area contributed by atoms with Crippen LogP contribution in [-0.4, -0.2) is 17.3 Å². The van der Waals surface area contributed by atoms with Gasteiger partial charge >= 0.3 is 0 Å². The van der Waals surface area contributed by atoms with Gasteiger partial charge in [0, 0.05) is 5.69 Å². The maximum atomic E-state index is 4.91. The predicted octanol–water partition coefficient (Wildman–Crippen LogP) is 6.21. The zero-order valence-corrected chi connectivity index (χ0v) is 17.1. The molecule has 25 heavy (non-hydrogen) atoms. The molecule has 0 unspecified atom stereocenters.